The quantitative estimate of drug-likeness (QED) is 0.767. The molecule has 1 atom stereocenters. The van der Waals surface area contributed by atoms with Crippen molar-refractivity contribution >= 4 is 16.9 Å². The number of aromatic nitrogens is 3. The van der Waals surface area contributed by atoms with Gasteiger partial charge in [0.25, 0.3) is 0 Å². The van der Waals surface area contributed by atoms with Gasteiger partial charge in [-0.1, -0.05) is 0 Å². The highest BCUT2D eigenvalue weighted by molar-refractivity contribution is 5.88. The first-order chi connectivity index (χ1) is 11.7. The molecule has 0 saturated carbocycles. The lowest BCUT2D eigenvalue weighted by Crippen LogP contribution is -2.46. The van der Waals surface area contributed by atoms with E-state index >= 15 is 0 Å². The van der Waals surface area contributed by atoms with Crippen LogP contribution in [0, 0.1) is 0 Å². The van der Waals surface area contributed by atoms with Crippen LogP contribution in [-0.2, 0) is 0 Å². The van der Waals surface area contributed by atoms with E-state index in [1.165, 1.54) is 0 Å². The van der Waals surface area contributed by atoms with Crippen LogP contribution in [0.1, 0.15) is 12.8 Å². The van der Waals surface area contributed by atoms with Gasteiger partial charge in [-0.15, -0.1) is 0 Å². The first kappa shape index (κ1) is 15.0. The zero-order valence-corrected chi connectivity index (χ0v) is 13.1. The largest absolute Gasteiger partial charge is 0.463 e. The van der Waals surface area contributed by atoms with Crippen LogP contribution in [0.4, 0.5) is 10.2 Å². The fourth-order valence-electron chi connectivity index (χ4n) is 2.97. The normalized spacial score (nSPS) is 21.0. The summed E-state index contributed by atoms with van der Waals surface area (Å²) in [6.07, 6.45) is 6.19. The maximum absolute atomic E-state index is 14.8. The van der Waals surface area contributed by atoms with Crippen molar-refractivity contribution in [3.8, 4) is 11.5 Å². The van der Waals surface area contributed by atoms with Gasteiger partial charge in [0.05, 0.1) is 18.3 Å². The van der Waals surface area contributed by atoms with Crippen LogP contribution in [0.2, 0.25) is 0 Å². The molecule has 124 valence electrons. The highest BCUT2D eigenvalue weighted by Crippen LogP contribution is 2.27. The van der Waals surface area contributed by atoms with Gasteiger partial charge in [-0.25, -0.2) is 14.4 Å². The molecule has 2 N–H and O–H groups in total. The smallest absolute Gasteiger partial charge is 0.155 e. The summed E-state index contributed by atoms with van der Waals surface area (Å²) in [6.45, 7) is 1.40. The van der Waals surface area contributed by atoms with Crippen molar-refractivity contribution in [2.45, 2.75) is 18.5 Å². The zero-order valence-electron chi connectivity index (χ0n) is 13.1. The van der Waals surface area contributed by atoms with Gasteiger partial charge in [-0.3, -0.25) is 4.98 Å². The van der Waals surface area contributed by atoms with Gasteiger partial charge < -0.3 is 15.1 Å². The van der Waals surface area contributed by atoms with E-state index in [1.54, 1.807) is 24.7 Å². The molecule has 24 heavy (non-hydrogen) atoms. The molecular formula is C17H18FN5O. The predicted molar refractivity (Wildman–Crippen MR) is 89.5 cm³/mol. The van der Waals surface area contributed by atoms with Crippen LogP contribution in [0.25, 0.3) is 22.5 Å². The summed E-state index contributed by atoms with van der Waals surface area (Å²) in [5, 5.41) is 6.23. The summed E-state index contributed by atoms with van der Waals surface area (Å²) in [7, 11) is 0. The molecule has 0 aliphatic carbocycles. The third-order valence-electron chi connectivity index (χ3n) is 4.22. The molecule has 1 aliphatic heterocycles. The minimum absolute atomic E-state index is 0.181. The van der Waals surface area contributed by atoms with Crippen molar-refractivity contribution in [2.24, 2.45) is 0 Å². The fraction of sp³-hybridized carbons (Fsp3) is 0.353. The summed E-state index contributed by atoms with van der Waals surface area (Å²) in [5.74, 6) is 1.16. The van der Waals surface area contributed by atoms with E-state index in [0.717, 1.165) is 13.0 Å². The topological polar surface area (TPSA) is 75.9 Å². The van der Waals surface area contributed by atoms with Crippen molar-refractivity contribution in [1.29, 1.82) is 0 Å². The Bertz CT molecular complexity index is 830. The van der Waals surface area contributed by atoms with E-state index in [1.807, 2.05) is 12.1 Å². The summed E-state index contributed by atoms with van der Waals surface area (Å²) in [6, 6.07) is 5.45. The molecule has 0 spiro atoms. The maximum Gasteiger partial charge on any atom is 0.155 e. The SMILES string of the molecule is FC1(CNc2nc(-c3ccco3)cc3nccnc23)CCCNC1. The molecule has 3 aromatic heterocycles. The number of fused-ring (bicyclic) bond motifs is 1. The Balaban J connectivity index is 1.68. The number of furan rings is 1. The number of hydrogen-bond acceptors (Lipinski definition) is 6. The maximum atomic E-state index is 14.8. The van der Waals surface area contributed by atoms with Gasteiger partial charge >= 0.3 is 0 Å². The Morgan fingerprint density at radius 3 is 3.04 bits per heavy atom. The van der Waals surface area contributed by atoms with Gasteiger partial charge in [0.2, 0.25) is 0 Å². The third kappa shape index (κ3) is 2.94. The van der Waals surface area contributed by atoms with E-state index in [2.05, 4.69) is 25.6 Å². The number of hydrogen-bond donors (Lipinski definition) is 2. The van der Waals surface area contributed by atoms with Gasteiger partial charge in [-0.2, -0.15) is 0 Å². The van der Waals surface area contributed by atoms with Crippen LogP contribution < -0.4 is 10.6 Å². The summed E-state index contributed by atoms with van der Waals surface area (Å²) < 4.78 is 20.2. The average Bonchev–Trinajstić information content (AvgIpc) is 3.15. The number of alkyl halides is 1. The molecule has 1 unspecified atom stereocenters. The monoisotopic (exact) mass is 327 g/mol. The Morgan fingerprint density at radius 2 is 2.25 bits per heavy atom. The minimum atomic E-state index is -1.28. The Hall–Kier alpha value is -2.54. The third-order valence-corrected chi connectivity index (χ3v) is 4.22. The lowest BCUT2D eigenvalue weighted by molar-refractivity contribution is 0.137. The number of halogens is 1. The van der Waals surface area contributed by atoms with Crippen molar-refractivity contribution < 1.29 is 8.81 Å². The molecule has 3 aromatic rings. The molecule has 1 aliphatic rings. The van der Waals surface area contributed by atoms with Gasteiger partial charge in [0.15, 0.2) is 11.6 Å². The summed E-state index contributed by atoms with van der Waals surface area (Å²) >= 11 is 0. The first-order valence-electron chi connectivity index (χ1n) is 8.03. The highest BCUT2D eigenvalue weighted by atomic mass is 19.1. The number of anilines is 1. The van der Waals surface area contributed by atoms with Crippen LogP contribution in [0.5, 0.6) is 0 Å². The van der Waals surface area contributed by atoms with Crippen molar-refractivity contribution in [2.75, 3.05) is 25.0 Å². The molecule has 0 bridgehead atoms. The Morgan fingerprint density at radius 1 is 1.33 bits per heavy atom. The molecule has 6 nitrogen and oxygen atoms in total. The Labute approximate surface area is 138 Å². The molecule has 1 saturated heterocycles. The molecule has 7 heteroatoms. The minimum Gasteiger partial charge on any atom is -0.463 e. The fourth-order valence-corrected chi connectivity index (χ4v) is 2.97. The molecule has 4 heterocycles. The zero-order chi connectivity index (χ0) is 16.4. The average molecular weight is 327 g/mol. The lowest BCUT2D eigenvalue weighted by atomic mass is 9.96. The summed E-state index contributed by atoms with van der Waals surface area (Å²) in [5.41, 5.74) is 0.677. The number of nitrogens with zero attached hydrogens (tertiary/aromatic N) is 3. The van der Waals surface area contributed by atoms with E-state index in [9.17, 15) is 4.39 Å². The van der Waals surface area contributed by atoms with E-state index in [-0.39, 0.29) is 6.54 Å². The number of piperidine rings is 1. The number of rotatable bonds is 4. The number of pyridine rings is 1. The van der Waals surface area contributed by atoms with E-state index in [0.29, 0.717) is 41.3 Å². The highest BCUT2D eigenvalue weighted by Gasteiger charge is 2.31. The molecule has 4 rings (SSSR count). The van der Waals surface area contributed by atoms with E-state index in [4.69, 9.17) is 4.42 Å². The Kier molecular flexibility index (Phi) is 3.86. The predicted octanol–water partition coefficient (Wildman–Crippen LogP) is 2.79. The van der Waals surface area contributed by atoms with Crippen molar-refractivity contribution in [3.05, 3.63) is 36.9 Å². The van der Waals surface area contributed by atoms with Gasteiger partial charge in [0, 0.05) is 18.9 Å². The first-order valence-corrected chi connectivity index (χ1v) is 8.03. The molecule has 1 fully saturated rings. The van der Waals surface area contributed by atoms with E-state index < -0.39 is 5.67 Å². The number of nitrogens with one attached hydrogen (secondary N) is 2. The van der Waals surface area contributed by atoms with Crippen LogP contribution in [-0.4, -0.2) is 40.3 Å². The second kappa shape index (κ2) is 6.16. The van der Waals surface area contributed by atoms with Gasteiger partial charge in [0.1, 0.15) is 16.9 Å². The van der Waals surface area contributed by atoms with Crippen LogP contribution in [0.15, 0.2) is 41.3 Å². The van der Waals surface area contributed by atoms with Crippen LogP contribution >= 0.6 is 0 Å². The van der Waals surface area contributed by atoms with Crippen molar-refractivity contribution in [1.82, 2.24) is 20.3 Å². The van der Waals surface area contributed by atoms with Crippen LogP contribution in [0.3, 0.4) is 0 Å². The second-order valence-electron chi connectivity index (χ2n) is 6.04. The summed E-state index contributed by atoms with van der Waals surface area (Å²) in [4.78, 5) is 13.2. The second-order valence-corrected chi connectivity index (χ2v) is 6.04. The van der Waals surface area contributed by atoms with Gasteiger partial charge in [-0.05, 0) is 37.6 Å². The molecule has 0 radical (unpaired) electrons. The lowest BCUT2D eigenvalue weighted by Gasteiger charge is -2.30. The molecular weight excluding hydrogens is 309 g/mol. The standard InChI is InChI=1S/C17H18FN5O/c18-17(4-2-5-19-10-17)11-22-16-15-13(20-6-7-21-15)9-12(23-16)14-3-1-8-24-14/h1,3,6-9,19H,2,4-5,10-11H2,(H,22,23). The van der Waals surface area contributed by atoms with Crippen molar-refractivity contribution in [3.63, 3.8) is 0 Å². The molecule has 0 aromatic carbocycles. The molecule has 0 amide bonds.